The number of hydrogen-bond donors (Lipinski definition) is 1. The van der Waals surface area contributed by atoms with Crippen LogP contribution in [-0.4, -0.2) is 37.2 Å². The van der Waals surface area contributed by atoms with Crippen molar-refractivity contribution < 1.29 is 17.9 Å². The van der Waals surface area contributed by atoms with Gasteiger partial charge in [0.2, 0.25) is 0 Å². The summed E-state index contributed by atoms with van der Waals surface area (Å²) in [5.74, 6) is 0. The fraction of sp³-hybridized carbons (Fsp3) is 0.600. The number of hydrogen-bond acceptors (Lipinski definition) is 3. The number of rotatable bonds is 5. The Balaban J connectivity index is 1.86. The number of halogens is 3. The maximum absolute atomic E-state index is 12.7. The largest absolute Gasteiger partial charge is 0.416 e. The van der Waals surface area contributed by atoms with Gasteiger partial charge in [0.15, 0.2) is 0 Å². The van der Waals surface area contributed by atoms with Crippen LogP contribution in [0.4, 0.5) is 13.2 Å². The van der Waals surface area contributed by atoms with Crippen LogP contribution >= 0.6 is 0 Å². The molecule has 1 aliphatic heterocycles. The lowest BCUT2D eigenvalue weighted by atomic mass is 10.1. The van der Waals surface area contributed by atoms with Gasteiger partial charge in [-0.25, -0.2) is 0 Å². The number of piperidine rings is 1. The number of ether oxygens (including phenoxy) is 1. The molecule has 2 N–H and O–H groups in total. The summed E-state index contributed by atoms with van der Waals surface area (Å²) in [4.78, 5) is 2.16. The molecule has 118 valence electrons. The number of nitrogens with two attached hydrogens (primary N) is 1. The van der Waals surface area contributed by atoms with E-state index in [2.05, 4.69) is 4.90 Å². The van der Waals surface area contributed by atoms with E-state index in [4.69, 9.17) is 10.5 Å². The maximum Gasteiger partial charge on any atom is 0.416 e. The quantitative estimate of drug-likeness (QED) is 0.909. The first-order valence-corrected chi connectivity index (χ1v) is 7.19. The highest BCUT2D eigenvalue weighted by molar-refractivity contribution is 5.25. The number of alkyl halides is 3. The zero-order chi connectivity index (χ0) is 15.3. The maximum atomic E-state index is 12.7. The Labute approximate surface area is 122 Å². The second-order valence-corrected chi connectivity index (χ2v) is 5.33. The van der Waals surface area contributed by atoms with Gasteiger partial charge in [0.05, 0.1) is 18.3 Å². The van der Waals surface area contributed by atoms with Crippen LogP contribution in [0.2, 0.25) is 0 Å². The summed E-state index contributed by atoms with van der Waals surface area (Å²) < 4.78 is 43.6. The smallest absolute Gasteiger partial charge is 0.377 e. The van der Waals surface area contributed by atoms with Crippen LogP contribution in [0.25, 0.3) is 0 Å². The van der Waals surface area contributed by atoms with Crippen molar-refractivity contribution in [2.45, 2.75) is 31.7 Å². The molecule has 0 radical (unpaired) electrons. The minimum atomic E-state index is -4.28. The van der Waals surface area contributed by atoms with Gasteiger partial charge in [0, 0.05) is 26.2 Å². The molecule has 0 aliphatic carbocycles. The first-order chi connectivity index (χ1) is 9.99. The van der Waals surface area contributed by atoms with Crippen LogP contribution in [-0.2, 0) is 17.5 Å². The van der Waals surface area contributed by atoms with Crippen LogP contribution in [0.1, 0.15) is 24.0 Å². The summed E-state index contributed by atoms with van der Waals surface area (Å²) in [5.41, 5.74) is 5.51. The number of likely N-dealkylation sites (tertiary alicyclic amines) is 1. The van der Waals surface area contributed by atoms with Crippen molar-refractivity contribution in [2.24, 2.45) is 5.73 Å². The highest BCUT2D eigenvalue weighted by atomic mass is 19.4. The lowest BCUT2D eigenvalue weighted by Gasteiger charge is -2.32. The summed E-state index contributed by atoms with van der Waals surface area (Å²) >= 11 is 0. The van der Waals surface area contributed by atoms with E-state index in [0.717, 1.165) is 32.0 Å². The van der Waals surface area contributed by atoms with Gasteiger partial charge in [-0.15, -0.1) is 0 Å². The fourth-order valence-corrected chi connectivity index (χ4v) is 2.57. The van der Waals surface area contributed by atoms with Crippen LogP contribution in [0.3, 0.4) is 0 Å². The molecule has 0 bridgehead atoms. The molecule has 0 unspecified atom stereocenters. The third kappa shape index (κ3) is 4.98. The van der Waals surface area contributed by atoms with Gasteiger partial charge in [-0.05, 0) is 24.5 Å². The normalized spacial score (nSPS) is 18.1. The van der Waals surface area contributed by atoms with E-state index >= 15 is 0 Å². The summed E-state index contributed by atoms with van der Waals surface area (Å²) in [6.07, 6.45) is -2.25. The third-order valence-corrected chi connectivity index (χ3v) is 3.67. The van der Waals surface area contributed by atoms with Crippen LogP contribution in [0.15, 0.2) is 24.3 Å². The van der Waals surface area contributed by atoms with Crippen molar-refractivity contribution in [3.05, 3.63) is 35.4 Å². The van der Waals surface area contributed by atoms with Gasteiger partial charge in [-0.1, -0.05) is 18.2 Å². The lowest BCUT2D eigenvalue weighted by molar-refractivity contribution is -0.137. The van der Waals surface area contributed by atoms with Gasteiger partial charge in [0.1, 0.15) is 0 Å². The fourth-order valence-electron chi connectivity index (χ4n) is 2.57. The predicted octanol–water partition coefficient (Wildman–Crippen LogP) is 2.65. The lowest BCUT2D eigenvalue weighted by Crippen LogP contribution is -2.37. The molecule has 1 aliphatic rings. The molecule has 6 heteroatoms. The Bertz CT molecular complexity index is 443. The molecule has 0 atom stereocenters. The highest BCUT2D eigenvalue weighted by Gasteiger charge is 2.30. The molecule has 1 aromatic rings. The number of benzene rings is 1. The Morgan fingerprint density at radius 1 is 1.24 bits per heavy atom. The zero-order valence-corrected chi connectivity index (χ0v) is 11.9. The van der Waals surface area contributed by atoms with Crippen molar-refractivity contribution in [1.82, 2.24) is 4.90 Å². The minimum Gasteiger partial charge on any atom is -0.377 e. The number of nitrogens with zero attached hydrogens (tertiary/aromatic N) is 1. The second-order valence-electron chi connectivity index (χ2n) is 5.33. The summed E-state index contributed by atoms with van der Waals surface area (Å²) in [5, 5.41) is 0. The Kier molecular flexibility index (Phi) is 5.61. The molecule has 21 heavy (non-hydrogen) atoms. The highest BCUT2D eigenvalue weighted by Crippen LogP contribution is 2.30. The molecule has 0 spiro atoms. The van der Waals surface area contributed by atoms with Gasteiger partial charge in [-0.2, -0.15) is 13.2 Å². The van der Waals surface area contributed by atoms with Gasteiger partial charge in [0.25, 0.3) is 0 Å². The van der Waals surface area contributed by atoms with Gasteiger partial charge >= 0.3 is 6.18 Å². The molecular weight excluding hydrogens is 281 g/mol. The van der Waals surface area contributed by atoms with E-state index in [0.29, 0.717) is 25.3 Å². The minimum absolute atomic E-state index is 0.228. The van der Waals surface area contributed by atoms with Crippen LogP contribution < -0.4 is 5.73 Å². The van der Waals surface area contributed by atoms with Crippen molar-refractivity contribution >= 4 is 0 Å². The molecule has 1 heterocycles. The Hall–Kier alpha value is -1.11. The van der Waals surface area contributed by atoms with Gasteiger partial charge in [-0.3, -0.25) is 4.90 Å². The van der Waals surface area contributed by atoms with Crippen molar-refractivity contribution in [2.75, 3.05) is 26.2 Å². The SMILES string of the molecule is NCCOC1CCN(Cc2cccc(C(F)(F)F)c2)CC1. The Morgan fingerprint density at radius 2 is 1.95 bits per heavy atom. The van der Waals surface area contributed by atoms with Crippen LogP contribution in [0.5, 0.6) is 0 Å². The summed E-state index contributed by atoms with van der Waals surface area (Å²) in [6, 6.07) is 5.55. The topological polar surface area (TPSA) is 38.5 Å². The van der Waals surface area contributed by atoms with E-state index in [1.165, 1.54) is 12.1 Å². The molecular formula is C15H21F3N2O. The Morgan fingerprint density at radius 3 is 2.57 bits per heavy atom. The van der Waals surface area contributed by atoms with Gasteiger partial charge < -0.3 is 10.5 Å². The molecule has 2 rings (SSSR count). The van der Waals surface area contributed by atoms with E-state index in [9.17, 15) is 13.2 Å². The van der Waals surface area contributed by atoms with Crippen molar-refractivity contribution in [3.8, 4) is 0 Å². The van der Waals surface area contributed by atoms with E-state index in [1.807, 2.05) is 0 Å². The third-order valence-electron chi connectivity index (χ3n) is 3.67. The molecule has 1 fully saturated rings. The molecule has 1 aromatic carbocycles. The van der Waals surface area contributed by atoms with E-state index in [1.54, 1.807) is 6.07 Å². The molecule has 0 saturated carbocycles. The van der Waals surface area contributed by atoms with E-state index in [-0.39, 0.29) is 6.10 Å². The monoisotopic (exact) mass is 302 g/mol. The zero-order valence-electron chi connectivity index (χ0n) is 11.9. The standard InChI is InChI=1S/C15H21F3N2O/c16-15(17,18)13-3-1-2-12(10-13)11-20-7-4-14(5-8-20)21-9-6-19/h1-3,10,14H,4-9,11,19H2. The predicted molar refractivity (Wildman–Crippen MR) is 74.7 cm³/mol. The van der Waals surface area contributed by atoms with Crippen molar-refractivity contribution in [1.29, 1.82) is 0 Å². The molecule has 3 nitrogen and oxygen atoms in total. The molecule has 1 saturated heterocycles. The first kappa shape index (κ1) is 16.3. The molecule has 0 amide bonds. The summed E-state index contributed by atoms with van der Waals surface area (Å²) in [7, 11) is 0. The van der Waals surface area contributed by atoms with Crippen LogP contribution in [0, 0.1) is 0 Å². The average molecular weight is 302 g/mol. The second kappa shape index (κ2) is 7.24. The summed E-state index contributed by atoms with van der Waals surface area (Å²) in [6.45, 7) is 3.31. The first-order valence-electron chi connectivity index (χ1n) is 7.19. The average Bonchev–Trinajstić information content (AvgIpc) is 2.46. The van der Waals surface area contributed by atoms with Crippen molar-refractivity contribution in [3.63, 3.8) is 0 Å². The van der Waals surface area contributed by atoms with E-state index < -0.39 is 11.7 Å². The molecule has 0 aromatic heterocycles.